The van der Waals surface area contributed by atoms with Gasteiger partial charge in [0.15, 0.2) is 0 Å². The molecule has 3 heterocycles. The minimum Gasteiger partial charge on any atom is -0.445 e. The molecule has 0 bridgehead atoms. The van der Waals surface area contributed by atoms with E-state index in [0.29, 0.717) is 37.0 Å². The van der Waals surface area contributed by atoms with Crippen LogP contribution in [0, 0.1) is 11.8 Å². The van der Waals surface area contributed by atoms with Gasteiger partial charge in [0.2, 0.25) is 0 Å². The third-order valence-electron chi connectivity index (χ3n) is 9.27. The maximum Gasteiger partial charge on any atom is 0.410 e. The van der Waals surface area contributed by atoms with Crippen LogP contribution in [0.2, 0.25) is 0 Å². The molecule has 3 aromatic rings. The summed E-state index contributed by atoms with van der Waals surface area (Å²) in [5.41, 5.74) is 9.05. The number of benzene rings is 2. The number of anilines is 1. The summed E-state index contributed by atoms with van der Waals surface area (Å²) in [6.07, 6.45) is 6.72. The van der Waals surface area contributed by atoms with Crippen molar-refractivity contribution in [1.82, 2.24) is 20.1 Å². The molecule has 2 saturated heterocycles. The molecule has 5 rings (SSSR count). The summed E-state index contributed by atoms with van der Waals surface area (Å²) in [7, 11) is 0. The molecule has 2 fully saturated rings. The maximum atomic E-state index is 12.6. The molecule has 2 aliphatic heterocycles. The van der Waals surface area contributed by atoms with Gasteiger partial charge in [-0.2, -0.15) is 0 Å². The number of fused-ring (bicyclic) bond motifs is 1. The number of nitrogens with one attached hydrogen (secondary N) is 1. The number of aromatic nitrogens is 1. The summed E-state index contributed by atoms with van der Waals surface area (Å²) in [4.78, 5) is 46.1. The predicted octanol–water partition coefficient (Wildman–Crippen LogP) is 9.50. The van der Waals surface area contributed by atoms with Gasteiger partial charge in [0.1, 0.15) is 18.8 Å². The molecule has 0 saturated carbocycles. The van der Waals surface area contributed by atoms with E-state index in [4.69, 9.17) is 24.9 Å². The minimum absolute atomic E-state index is 0.00903. The molecular weight excluding hydrogens is 723 g/mol. The molecule has 294 valence electrons. The zero-order chi connectivity index (χ0) is 39.6. The molecule has 0 unspecified atom stereocenters. The second-order valence-electron chi connectivity index (χ2n) is 15.3. The lowest BCUT2D eigenvalue weighted by atomic mass is 9.90. The summed E-state index contributed by atoms with van der Waals surface area (Å²) in [6, 6.07) is 11.9. The summed E-state index contributed by atoms with van der Waals surface area (Å²) >= 11 is 5.91. The second-order valence-corrected chi connectivity index (χ2v) is 16.9. The Morgan fingerprint density at radius 1 is 0.944 bits per heavy atom. The average molecular weight is 780 g/mol. The smallest absolute Gasteiger partial charge is 0.410 e. The molecule has 0 radical (unpaired) electrons. The first-order valence-corrected chi connectivity index (χ1v) is 19.9. The molecule has 0 spiro atoms. The fourth-order valence-corrected chi connectivity index (χ4v) is 7.93. The number of carbonyl (C=O) groups excluding carboxylic acids is 3. The number of hydrogen-bond acceptors (Lipinski definition) is 10. The number of likely N-dealkylation sites (tertiary alicyclic amines) is 2. The molecule has 2 aromatic carbocycles. The monoisotopic (exact) mass is 779 g/mol. The molecule has 13 heteroatoms. The van der Waals surface area contributed by atoms with Crippen LogP contribution in [0.15, 0.2) is 66.6 Å². The highest BCUT2D eigenvalue weighted by Crippen LogP contribution is 2.37. The van der Waals surface area contributed by atoms with Crippen molar-refractivity contribution in [2.45, 2.75) is 102 Å². The lowest BCUT2D eigenvalue weighted by Gasteiger charge is -2.38. The molecular formula is C41H57N5O6S2. The molecule has 5 atom stereocenters. The average Bonchev–Trinajstić information content (AvgIpc) is 3.51. The summed E-state index contributed by atoms with van der Waals surface area (Å²) in [5, 5.41) is 3.82. The normalized spacial score (nSPS) is 20.6. The zero-order valence-electron chi connectivity index (χ0n) is 32.5. The van der Waals surface area contributed by atoms with Crippen LogP contribution in [0.25, 0.3) is 10.2 Å². The van der Waals surface area contributed by atoms with Crippen molar-refractivity contribution in [3.63, 3.8) is 0 Å². The maximum absolute atomic E-state index is 12.6. The summed E-state index contributed by atoms with van der Waals surface area (Å²) < 4.78 is 17.0. The standard InChI is InChI=1S/C25H35N3O4S.C16H22N2O2S/c1-7-12-31-24(30)28-15-16(2)8-10-20(28)18-9-11-21-19(14-18)27-22(33-21)13-17(3)26-23(29)32-25(4,5)6;1-3-8-20-16(19)18-10-11(2)4-6-14(18)12-5-7-15(21)13(17)9-12/h7,9,11,14,16-17,20H,1,8,10,12-13,15H2,2-6H3,(H,26,29);3,5,7,9,11,14,21H,1,4,6,8,10,17H2,2H3/t16-,17-,20+;11-,14+/m00/s1. The topological polar surface area (TPSA) is 136 Å². The van der Waals surface area contributed by atoms with Crippen LogP contribution < -0.4 is 11.1 Å². The van der Waals surface area contributed by atoms with Gasteiger partial charge in [-0.1, -0.05) is 51.3 Å². The number of carbonyl (C=O) groups is 3. The van der Waals surface area contributed by atoms with Crippen molar-refractivity contribution in [3.05, 3.63) is 77.8 Å². The lowest BCUT2D eigenvalue weighted by molar-refractivity contribution is 0.0508. The lowest BCUT2D eigenvalue weighted by Crippen LogP contribution is -2.42. The molecule has 3 amide bonds. The van der Waals surface area contributed by atoms with Crippen LogP contribution >= 0.6 is 24.0 Å². The Bertz CT molecular complexity index is 1770. The Morgan fingerprint density at radius 3 is 2.00 bits per heavy atom. The predicted molar refractivity (Wildman–Crippen MR) is 219 cm³/mol. The Balaban J connectivity index is 0.000000266. The van der Waals surface area contributed by atoms with Gasteiger partial charge < -0.3 is 35.1 Å². The van der Waals surface area contributed by atoms with Crippen LogP contribution in [-0.4, -0.2) is 71.0 Å². The number of thiol groups is 1. The van der Waals surface area contributed by atoms with Crippen molar-refractivity contribution >= 4 is 58.1 Å². The third kappa shape index (κ3) is 12.1. The van der Waals surface area contributed by atoms with Crippen LogP contribution in [0.1, 0.15) is 95.4 Å². The number of nitrogen functional groups attached to an aromatic ring is 1. The van der Waals surface area contributed by atoms with Gasteiger partial charge in [0.25, 0.3) is 0 Å². The van der Waals surface area contributed by atoms with E-state index < -0.39 is 11.7 Å². The van der Waals surface area contributed by atoms with E-state index in [1.807, 2.05) is 50.8 Å². The number of ether oxygens (including phenoxy) is 3. The van der Waals surface area contributed by atoms with Crippen LogP contribution in [0.5, 0.6) is 0 Å². The largest absolute Gasteiger partial charge is 0.445 e. The third-order valence-corrected chi connectivity index (χ3v) is 10.7. The van der Waals surface area contributed by atoms with Crippen LogP contribution in [0.3, 0.4) is 0 Å². The summed E-state index contributed by atoms with van der Waals surface area (Å²) in [6.45, 7) is 20.8. The highest BCUT2D eigenvalue weighted by atomic mass is 32.1. The Labute approximate surface area is 329 Å². The van der Waals surface area contributed by atoms with E-state index in [1.165, 1.54) is 0 Å². The number of alkyl carbamates (subject to hydrolysis) is 1. The highest BCUT2D eigenvalue weighted by molar-refractivity contribution is 7.80. The van der Waals surface area contributed by atoms with Gasteiger partial charge in [-0.15, -0.1) is 24.0 Å². The van der Waals surface area contributed by atoms with Crippen molar-refractivity contribution < 1.29 is 28.6 Å². The number of thiazole rings is 1. The molecule has 54 heavy (non-hydrogen) atoms. The van der Waals surface area contributed by atoms with Crippen molar-refractivity contribution in [3.8, 4) is 0 Å². The zero-order valence-corrected chi connectivity index (χ0v) is 34.2. The number of rotatable bonds is 9. The molecule has 3 N–H and O–H groups in total. The van der Waals surface area contributed by atoms with E-state index in [9.17, 15) is 14.4 Å². The van der Waals surface area contributed by atoms with E-state index >= 15 is 0 Å². The van der Waals surface area contributed by atoms with Gasteiger partial charge in [0.05, 0.1) is 27.3 Å². The van der Waals surface area contributed by atoms with E-state index in [0.717, 1.165) is 56.9 Å². The van der Waals surface area contributed by atoms with Gasteiger partial charge in [-0.05, 0) is 101 Å². The number of nitrogens with two attached hydrogens (primary N) is 1. The van der Waals surface area contributed by atoms with Gasteiger partial charge in [0, 0.05) is 36.1 Å². The number of amides is 3. The first kappa shape index (κ1) is 42.5. The van der Waals surface area contributed by atoms with Crippen LogP contribution in [0.4, 0.5) is 20.1 Å². The molecule has 11 nitrogen and oxygen atoms in total. The van der Waals surface area contributed by atoms with Crippen molar-refractivity contribution in [2.75, 3.05) is 32.0 Å². The quantitative estimate of drug-likeness (QED) is 0.0846. The van der Waals surface area contributed by atoms with E-state index in [-0.39, 0.29) is 43.5 Å². The highest BCUT2D eigenvalue weighted by Gasteiger charge is 2.33. The van der Waals surface area contributed by atoms with E-state index in [2.05, 4.69) is 63.2 Å². The number of hydrogen-bond donors (Lipinski definition) is 3. The summed E-state index contributed by atoms with van der Waals surface area (Å²) in [5.74, 6) is 0.908. The Kier molecular flexibility index (Phi) is 15.3. The second kappa shape index (κ2) is 19.4. The number of piperidine rings is 2. The van der Waals surface area contributed by atoms with Gasteiger partial charge >= 0.3 is 18.3 Å². The van der Waals surface area contributed by atoms with Crippen LogP contribution in [-0.2, 0) is 20.6 Å². The first-order chi connectivity index (χ1) is 25.6. The van der Waals surface area contributed by atoms with Gasteiger partial charge in [-0.3, -0.25) is 0 Å². The minimum atomic E-state index is -0.529. The van der Waals surface area contributed by atoms with Crippen molar-refractivity contribution in [2.24, 2.45) is 11.8 Å². The SMILES string of the molecule is C=CCOC(=O)N1C[C@@H](C)CC[C@@H]1c1ccc(S)c(N)c1.C=CCOC(=O)N1C[C@@H](C)CC[C@@H]1c1ccc2sc(C[C@H](C)NC(=O)OC(C)(C)C)nc2c1. The molecule has 1 aromatic heterocycles. The fourth-order valence-electron chi connectivity index (χ4n) is 6.72. The first-order valence-electron chi connectivity index (χ1n) is 18.6. The Hall–Kier alpha value is -4.23. The fraction of sp³-hybridized carbons (Fsp3) is 0.512. The van der Waals surface area contributed by atoms with Gasteiger partial charge in [-0.25, -0.2) is 19.4 Å². The molecule has 0 aliphatic carbocycles. The number of nitrogens with zero attached hydrogens (tertiary/aromatic N) is 3. The van der Waals surface area contributed by atoms with Crippen molar-refractivity contribution in [1.29, 1.82) is 0 Å². The van der Waals surface area contributed by atoms with E-state index in [1.54, 1.807) is 28.4 Å². The Morgan fingerprint density at radius 2 is 1.48 bits per heavy atom. The molecule has 2 aliphatic rings.